The molecule has 0 bridgehead atoms. The molecule has 6 nitrogen and oxygen atoms in total. The van der Waals surface area contributed by atoms with Crippen molar-refractivity contribution in [1.29, 1.82) is 0 Å². The number of nitrogens with zero attached hydrogens (tertiary/aromatic N) is 2. The van der Waals surface area contributed by atoms with Crippen LogP contribution in [0.5, 0.6) is 5.75 Å². The molecule has 0 radical (unpaired) electrons. The second-order valence-corrected chi connectivity index (χ2v) is 10.2. The predicted molar refractivity (Wildman–Crippen MR) is 134 cm³/mol. The maximum Gasteiger partial charge on any atom is 0.228 e. The van der Waals surface area contributed by atoms with E-state index in [1.807, 2.05) is 54.6 Å². The number of hydrogen-bond donors (Lipinski definition) is 2. The first kappa shape index (κ1) is 24.7. The summed E-state index contributed by atoms with van der Waals surface area (Å²) < 4.78 is 7.50. The molecule has 4 atom stereocenters. The predicted octanol–water partition coefficient (Wildman–Crippen LogP) is 4.47. The number of halogens is 2. The highest BCUT2D eigenvalue weighted by atomic mass is 79.9. The first-order valence-electron chi connectivity index (χ1n) is 10.8. The summed E-state index contributed by atoms with van der Waals surface area (Å²) in [5.74, 6) is -1.65. The van der Waals surface area contributed by atoms with Crippen LogP contribution < -0.4 is 4.74 Å². The number of amides is 1. The molecule has 0 saturated heterocycles. The molecule has 1 aliphatic heterocycles. The van der Waals surface area contributed by atoms with Crippen LogP contribution in [0, 0.1) is 5.92 Å². The number of carbonyl (C=O) groups is 1. The van der Waals surface area contributed by atoms with E-state index in [0.29, 0.717) is 22.0 Å². The average Bonchev–Trinajstić information content (AvgIpc) is 3.04. The third kappa shape index (κ3) is 3.90. The molecule has 8 heteroatoms. The Morgan fingerprint density at radius 2 is 1.82 bits per heavy atom. The molecule has 1 aromatic heterocycles. The van der Waals surface area contributed by atoms with Crippen LogP contribution in [-0.2, 0) is 16.0 Å². The Balaban J connectivity index is 2.07. The van der Waals surface area contributed by atoms with Gasteiger partial charge in [0.2, 0.25) is 5.91 Å². The maximum absolute atomic E-state index is 13.4. The second kappa shape index (κ2) is 9.30. The molecule has 1 amide bonds. The van der Waals surface area contributed by atoms with Crippen LogP contribution in [0.2, 0.25) is 5.02 Å². The number of aliphatic hydroxyl groups is 2. The normalized spacial score (nSPS) is 23.0. The Morgan fingerprint density at radius 1 is 1.18 bits per heavy atom. The van der Waals surface area contributed by atoms with Crippen molar-refractivity contribution in [2.45, 2.75) is 24.0 Å². The highest BCUT2D eigenvalue weighted by Gasteiger charge is 2.65. The van der Waals surface area contributed by atoms with E-state index < -0.39 is 29.6 Å². The van der Waals surface area contributed by atoms with Crippen molar-refractivity contribution in [3.8, 4) is 5.75 Å². The highest BCUT2D eigenvalue weighted by Crippen LogP contribution is 2.60. The zero-order valence-electron chi connectivity index (χ0n) is 19.1. The summed E-state index contributed by atoms with van der Waals surface area (Å²) in [5, 5.41) is 23.1. The molecule has 2 N–H and O–H groups in total. The molecule has 1 aliphatic rings. The Hall–Kier alpha value is -2.45. The van der Waals surface area contributed by atoms with Gasteiger partial charge in [-0.3, -0.25) is 9.78 Å². The molecule has 0 spiro atoms. The average molecular weight is 546 g/mol. The summed E-state index contributed by atoms with van der Waals surface area (Å²) in [4.78, 5) is 19.3. The number of fused-ring (bicyclic) bond motifs is 1. The zero-order chi connectivity index (χ0) is 24.7. The summed E-state index contributed by atoms with van der Waals surface area (Å²) >= 11 is 9.69. The number of hydrogen-bond acceptors (Lipinski definition) is 5. The number of benzene rings is 2. The van der Waals surface area contributed by atoms with Crippen molar-refractivity contribution in [3.63, 3.8) is 0 Å². The SMILES string of the molecule is CN(C)C(=O)[C@@H](CO)[C@@H](c1ccccc1)[C@]1(c2ccc(Br)cc2)Oc2cc(Cl)cnc2[C@@]1(C)O. The van der Waals surface area contributed by atoms with Gasteiger partial charge in [0, 0.05) is 36.7 Å². The lowest BCUT2D eigenvalue weighted by Crippen LogP contribution is -2.56. The van der Waals surface area contributed by atoms with Gasteiger partial charge in [-0.2, -0.15) is 0 Å². The number of aliphatic hydroxyl groups excluding tert-OH is 1. The van der Waals surface area contributed by atoms with Crippen LogP contribution in [0.25, 0.3) is 0 Å². The lowest BCUT2D eigenvalue weighted by molar-refractivity contribution is -0.155. The lowest BCUT2D eigenvalue weighted by atomic mass is 9.63. The van der Waals surface area contributed by atoms with E-state index >= 15 is 0 Å². The highest BCUT2D eigenvalue weighted by molar-refractivity contribution is 9.10. The number of carbonyl (C=O) groups excluding carboxylic acids is 1. The van der Waals surface area contributed by atoms with E-state index in [2.05, 4.69) is 20.9 Å². The molecule has 0 fully saturated rings. The summed E-state index contributed by atoms with van der Waals surface area (Å²) in [5.41, 5.74) is -1.50. The van der Waals surface area contributed by atoms with Gasteiger partial charge < -0.3 is 19.8 Å². The fraction of sp³-hybridized carbons (Fsp3) is 0.308. The maximum atomic E-state index is 13.4. The van der Waals surface area contributed by atoms with Crippen LogP contribution >= 0.6 is 27.5 Å². The molecule has 0 aliphatic carbocycles. The van der Waals surface area contributed by atoms with E-state index in [1.165, 1.54) is 11.1 Å². The smallest absolute Gasteiger partial charge is 0.228 e. The second-order valence-electron chi connectivity index (χ2n) is 8.83. The molecular formula is C26H26BrClN2O4. The molecule has 0 saturated carbocycles. The molecule has 2 heterocycles. The minimum Gasteiger partial charge on any atom is -0.476 e. The number of aromatic nitrogens is 1. The van der Waals surface area contributed by atoms with Crippen LogP contribution in [0.4, 0.5) is 0 Å². The van der Waals surface area contributed by atoms with Crippen LogP contribution in [0.3, 0.4) is 0 Å². The van der Waals surface area contributed by atoms with E-state index in [4.69, 9.17) is 16.3 Å². The van der Waals surface area contributed by atoms with Crippen LogP contribution in [-0.4, -0.2) is 46.7 Å². The van der Waals surface area contributed by atoms with Gasteiger partial charge in [0.15, 0.2) is 11.2 Å². The Morgan fingerprint density at radius 3 is 2.41 bits per heavy atom. The lowest BCUT2D eigenvalue weighted by Gasteiger charge is -2.47. The van der Waals surface area contributed by atoms with E-state index in [9.17, 15) is 15.0 Å². The van der Waals surface area contributed by atoms with Gasteiger partial charge in [-0.1, -0.05) is 70.0 Å². The van der Waals surface area contributed by atoms with Crippen molar-refractivity contribution in [2.75, 3.05) is 20.7 Å². The Kier molecular flexibility index (Phi) is 6.75. The van der Waals surface area contributed by atoms with E-state index in [1.54, 1.807) is 27.1 Å². The van der Waals surface area contributed by atoms with Gasteiger partial charge in [-0.15, -0.1) is 0 Å². The fourth-order valence-electron chi connectivity index (χ4n) is 4.96. The van der Waals surface area contributed by atoms with Gasteiger partial charge in [-0.05, 0) is 30.2 Å². The molecular weight excluding hydrogens is 520 g/mol. The van der Waals surface area contributed by atoms with Crippen molar-refractivity contribution in [3.05, 3.63) is 93.2 Å². The quantitative estimate of drug-likeness (QED) is 0.478. The van der Waals surface area contributed by atoms with Gasteiger partial charge >= 0.3 is 0 Å². The summed E-state index contributed by atoms with van der Waals surface area (Å²) in [6.45, 7) is 1.19. The third-order valence-electron chi connectivity index (χ3n) is 6.50. The van der Waals surface area contributed by atoms with Crippen LogP contribution in [0.15, 0.2) is 71.3 Å². The van der Waals surface area contributed by atoms with Crippen LogP contribution in [0.1, 0.15) is 29.7 Å². The molecule has 0 unspecified atom stereocenters. The van der Waals surface area contributed by atoms with Gasteiger partial charge in [0.05, 0.1) is 17.5 Å². The number of rotatable bonds is 6. The molecule has 4 rings (SSSR count). The van der Waals surface area contributed by atoms with Crippen molar-refractivity contribution in [1.82, 2.24) is 9.88 Å². The minimum absolute atomic E-state index is 0.283. The largest absolute Gasteiger partial charge is 0.476 e. The van der Waals surface area contributed by atoms with Gasteiger partial charge in [0.25, 0.3) is 0 Å². The first-order chi connectivity index (χ1) is 16.1. The number of ether oxygens (including phenoxy) is 1. The van der Waals surface area contributed by atoms with E-state index in [-0.39, 0.29) is 5.91 Å². The first-order valence-corrected chi connectivity index (χ1v) is 12.0. The molecule has 34 heavy (non-hydrogen) atoms. The third-order valence-corrected chi connectivity index (χ3v) is 7.24. The molecule has 2 aromatic carbocycles. The summed E-state index contributed by atoms with van der Waals surface area (Å²) in [6, 6.07) is 18.3. The number of pyridine rings is 1. The van der Waals surface area contributed by atoms with Crippen molar-refractivity contribution < 1.29 is 19.7 Å². The molecule has 178 valence electrons. The molecule has 3 aromatic rings. The monoisotopic (exact) mass is 544 g/mol. The standard InChI is InChI=1S/C26H26BrClN2O4/c1-25(33)23-21(13-19(28)14-29-23)34-26(25,17-9-11-18(27)12-10-17)22(16-7-5-4-6-8-16)20(15-31)24(32)30(2)3/h4-14,20,22,31,33H,15H2,1-3H3/t20-,22+,25+,26-/m0/s1. The minimum atomic E-state index is -1.68. The zero-order valence-corrected chi connectivity index (χ0v) is 21.4. The van der Waals surface area contributed by atoms with Gasteiger partial charge in [0.1, 0.15) is 11.4 Å². The summed E-state index contributed by atoms with van der Waals surface area (Å²) in [6.07, 6.45) is 1.46. The fourth-order valence-corrected chi connectivity index (χ4v) is 5.38. The summed E-state index contributed by atoms with van der Waals surface area (Å²) in [7, 11) is 3.28. The van der Waals surface area contributed by atoms with Gasteiger partial charge in [-0.25, -0.2) is 0 Å². The van der Waals surface area contributed by atoms with Crippen molar-refractivity contribution in [2.24, 2.45) is 5.92 Å². The Labute approximate surface area is 212 Å². The Bertz CT molecular complexity index is 1190. The van der Waals surface area contributed by atoms with Crippen molar-refractivity contribution >= 4 is 33.4 Å². The topological polar surface area (TPSA) is 82.9 Å². The van der Waals surface area contributed by atoms with E-state index in [0.717, 1.165) is 10.0 Å².